The molecule has 0 radical (unpaired) electrons. The maximum Gasteiger partial charge on any atom is 0.199 e. The lowest BCUT2D eigenvalue weighted by Crippen LogP contribution is -2.09. The molecule has 12 heteroatoms. The number of hydrogen-bond acceptors (Lipinski definition) is 10. The van der Waals surface area contributed by atoms with Crippen LogP contribution in [0.1, 0.15) is 87.8 Å². The summed E-state index contributed by atoms with van der Waals surface area (Å²) in [6.45, 7) is 0. The SMILES string of the molecule is N#CC[C@@H](c1ncc(-c2ncnc3[nH]ccc23)o1)C1CCCC1.N#CC[C@H](c1ncc(-c2ncnc3[nH]ccc23)o1)C1CCCC1. The number of aromatic nitrogens is 8. The molecule has 46 heavy (non-hydrogen) atoms. The Morgan fingerprint density at radius 2 is 1.09 bits per heavy atom. The fraction of sp³-hybridized carbons (Fsp3) is 0.412. The van der Waals surface area contributed by atoms with E-state index < -0.39 is 0 Å². The van der Waals surface area contributed by atoms with Crippen molar-refractivity contribution < 1.29 is 8.83 Å². The summed E-state index contributed by atoms with van der Waals surface area (Å²) >= 11 is 0. The molecule has 0 aliphatic heterocycles. The van der Waals surface area contributed by atoms with E-state index in [-0.39, 0.29) is 11.8 Å². The lowest BCUT2D eigenvalue weighted by atomic mass is 9.88. The largest absolute Gasteiger partial charge is 0.439 e. The smallest absolute Gasteiger partial charge is 0.199 e. The van der Waals surface area contributed by atoms with Crippen LogP contribution >= 0.6 is 0 Å². The summed E-state index contributed by atoms with van der Waals surface area (Å²) in [5.41, 5.74) is 3.02. The summed E-state index contributed by atoms with van der Waals surface area (Å²) in [5, 5.41) is 20.1. The van der Waals surface area contributed by atoms with Gasteiger partial charge in [0.05, 0.1) is 36.4 Å². The second kappa shape index (κ2) is 13.3. The van der Waals surface area contributed by atoms with Crippen LogP contribution in [0.15, 0.2) is 58.4 Å². The highest BCUT2D eigenvalue weighted by Gasteiger charge is 2.31. The average Bonchev–Trinajstić information content (AvgIpc) is 3.94. The number of H-pyrrole nitrogens is 2. The van der Waals surface area contributed by atoms with Gasteiger partial charge in [-0.15, -0.1) is 0 Å². The van der Waals surface area contributed by atoms with Gasteiger partial charge in [0.2, 0.25) is 0 Å². The highest BCUT2D eigenvalue weighted by molar-refractivity contribution is 5.89. The van der Waals surface area contributed by atoms with Gasteiger partial charge in [-0.3, -0.25) is 0 Å². The molecule has 6 heterocycles. The molecule has 8 rings (SSSR count). The summed E-state index contributed by atoms with van der Waals surface area (Å²) < 4.78 is 12.0. The van der Waals surface area contributed by atoms with Crippen LogP contribution in [0.4, 0.5) is 0 Å². The van der Waals surface area contributed by atoms with E-state index in [2.05, 4.69) is 52.0 Å². The first-order valence-corrected chi connectivity index (χ1v) is 16.0. The minimum Gasteiger partial charge on any atom is -0.439 e. The van der Waals surface area contributed by atoms with Crippen LogP contribution < -0.4 is 0 Å². The number of nitrogens with zero attached hydrogens (tertiary/aromatic N) is 8. The average molecular weight is 615 g/mol. The van der Waals surface area contributed by atoms with Gasteiger partial charge in [-0.1, -0.05) is 25.7 Å². The molecule has 2 aliphatic rings. The van der Waals surface area contributed by atoms with E-state index in [9.17, 15) is 0 Å². The maximum atomic E-state index is 9.15. The van der Waals surface area contributed by atoms with Crippen molar-refractivity contribution in [3.63, 3.8) is 0 Å². The number of nitrogens with one attached hydrogen (secondary N) is 2. The highest BCUT2D eigenvalue weighted by atomic mass is 16.4. The number of nitriles is 2. The Labute approximate surface area is 265 Å². The van der Waals surface area contributed by atoms with Crippen molar-refractivity contribution >= 4 is 22.1 Å². The van der Waals surface area contributed by atoms with Crippen LogP contribution in [-0.4, -0.2) is 39.9 Å². The zero-order valence-corrected chi connectivity index (χ0v) is 25.4. The molecule has 0 spiro atoms. The predicted molar refractivity (Wildman–Crippen MR) is 169 cm³/mol. The van der Waals surface area contributed by atoms with Gasteiger partial charge in [0.15, 0.2) is 23.3 Å². The van der Waals surface area contributed by atoms with E-state index in [4.69, 9.17) is 19.4 Å². The molecule has 0 amide bonds. The van der Waals surface area contributed by atoms with Gasteiger partial charge in [-0.25, -0.2) is 29.9 Å². The van der Waals surface area contributed by atoms with Crippen LogP contribution in [-0.2, 0) is 0 Å². The maximum absolute atomic E-state index is 9.15. The minimum absolute atomic E-state index is 0.0832. The number of hydrogen-bond donors (Lipinski definition) is 2. The molecular weight excluding hydrogens is 580 g/mol. The molecule has 2 fully saturated rings. The fourth-order valence-corrected chi connectivity index (χ4v) is 7.10. The number of rotatable bonds is 8. The quantitative estimate of drug-likeness (QED) is 0.173. The lowest BCUT2D eigenvalue weighted by molar-refractivity contribution is 0.357. The minimum atomic E-state index is 0.0832. The normalized spacial score (nSPS) is 16.7. The van der Waals surface area contributed by atoms with Crippen molar-refractivity contribution in [3.05, 3.63) is 61.4 Å². The Morgan fingerprint density at radius 3 is 1.50 bits per heavy atom. The van der Waals surface area contributed by atoms with Crippen LogP contribution in [0.3, 0.4) is 0 Å². The standard InChI is InChI=1S/2C17H17N5O/c2*18-7-5-12(11-3-1-2-4-11)17-20-9-14(23-17)15-13-6-8-19-16(13)22-10-21-15/h2*6,8-12H,1-5H2,(H,19,21,22)/t2*12-/m10/s1. The molecular formula is C34H34N10O2. The summed E-state index contributed by atoms with van der Waals surface area (Å²) in [7, 11) is 0. The highest BCUT2D eigenvalue weighted by Crippen LogP contribution is 2.41. The van der Waals surface area contributed by atoms with Crippen molar-refractivity contribution in [1.82, 2.24) is 39.9 Å². The van der Waals surface area contributed by atoms with Crippen molar-refractivity contribution in [1.29, 1.82) is 10.5 Å². The number of aromatic amines is 2. The van der Waals surface area contributed by atoms with Crippen molar-refractivity contribution in [2.24, 2.45) is 11.8 Å². The second-order valence-electron chi connectivity index (χ2n) is 12.1. The van der Waals surface area contributed by atoms with Gasteiger partial charge < -0.3 is 18.8 Å². The van der Waals surface area contributed by atoms with E-state index in [0.717, 1.165) is 59.1 Å². The van der Waals surface area contributed by atoms with Crippen molar-refractivity contribution in [2.75, 3.05) is 0 Å². The molecule has 6 aromatic rings. The Morgan fingerprint density at radius 1 is 0.652 bits per heavy atom. The zero-order valence-electron chi connectivity index (χ0n) is 25.4. The van der Waals surface area contributed by atoms with Crippen LogP contribution in [0, 0.1) is 34.5 Å². The molecule has 0 saturated heterocycles. The summed E-state index contributed by atoms with van der Waals surface area (Å²) in [6, 6.07) is 8.43. The number of oxazole rings is 2. The third kappa shape index (κ3) is 5.86. The molecule has 232 valence electrons. The topological polar surface area (TPSA) is 183 Å². The Balaban J connectivity index is 0.000000147. The summed E-state index contributed by atoms with van der Waals surface area (Å²) in [6.07, 6.45) is 20.6. The van der Waals surface area contributed by atoms with E-state index in [1.54, 1.807) is 12.4 Å². The zero-order chi connectivity index (χ0) is 31.3. The van der Waals surface area contributed by atoms with Crippen LogP contribution in [0.2, 0.25) is 0 Å². The lowest BCUT2D eigenvalue weighted by Gasteiger charge is -2.17. The first kappa shape index (κ1) is 29.4. The molecule has 2 N–H and O–H groups in total. The van der Waals surface area contributed by atoms with E-state index in [0.29, 0.717) is 48.0 Å². The molecule has 0 unspecified atom stereocenters. The monoisotopic (exact) mass is 614 g/mol. The predicted octanol–water partition coefficient (Wildman–Crippen LogP) is 7.60. The molecule has 2 atom stereocenters. The molecule has 2 saturated carbocycles. The second-order valence-corrected chi connectivity index (χ2v) is 12.1. The molecule has 12 nitrogen and oxygen atoms in total. The Hall–Kier alpha value is -5.36. The van der Waals surface area contributed by atoms with Gasteiger partial charge in [-0.2, -0.15) is 10.5 Å². The van der Waals surface area contributed by atoms with Crippen LogP contribution in [0.25, 0.3) is 45.0 Å². The Kier molecular flexibility index (Phi) is 8.51. The Bertz CT molecular complexity index is 1850. The summed E-state index contributed by atoms with van der Waals surface area (Å²) in [4.78, 5) is 32.1. The van der Waals surface area contributed by atoms with Crippen molar-refractivity contribution in [3.8, 4) is 35.0 Å². The van der Waals surface area contributed by atoms with Gasteiger partial charge in [-0.05, 0) is 49.7 Å². The van der Waals surface area contributed by atoms with Gasteiger partial charge in [0, 0.05) is 36.0 Å². The summed E-state index contributed by atoms with van der Waals surface area (Å²) in [5.74, 6) is 3.75. The van der Waals surface area contributed by atoms with Gasteiger partial charge in [0.1, 0.15) is 35.3 Å². The first-order valence-electron chi connectivity index (χ1n) is 16.0. The first-order chi connectivity index (χ1) is 22.7. The number of fused-ring (bicyclic) bond motifs is 2. The van der Waals surface area contributed by atoms with E-state index in [1.807, 2.05) is 24.5 Å². The van der Waals surface area contributed by atoms with Crippen LogP contribution in [0.5, 0.6) is 0 Å². The molecule has 0 bridgehead atoms. The third-order valence-electron chi connectivity index (χ3n) is 9.42. The molecule has 6 aromatic heterocycles. The third-order valence-corrected chi connectivity index (χ3v) is 9.42. The van der Waals surface area contributed by atoms with E-state index in [1.165, 1.54) is 38.3 Å². The molecule has 2 aliphatic carbocycles. The van der Waals surface area contributed by atoms with Crippen molar-refractivity contribution in [2.45, 2.75) is 76.0 Å². The van der Waals surface area contributed by atoms with E-state index >= 15 is 0 Å². The van der Waals surface area contributed by atoms with Gasteiger partial charge in [0.25, 0.3) is 0 Å². The van der Waals surface area contributed by atoms with Gasteiger partial charge >= 0.3 is 0 Å². The molecule has 0 aromatic carbocycles. The fourth-order valence-electron chi connectivity index (χ4n) is 7.10.